The summed E-state index contributed by atoms with van der Waals surface area (Å²) in [7, 11) is 0. The van der Waals surface area contributed by atoms with E-state index in [2.05, 4.69) is 42.2 Å². The highest BCUT2D eigenvalue weighted by Gasteiger charge is 2.31. The molecule has 0 spiro atoms. The van der Waals surface area contributed by atoms with E-state index in [9.17, 15) is 9.59 Å². The molecule has 4 rings (SSSR count). The van der Waals surface area contributed by atoms with E-state index in [1.807, 2.05) is 4.90 Å². The highest BCUT2D eigenvalue weighted by molar-refractivity contribution is 7.14. The zero-order chi connectivity index (χ0) is 22.2. The first kappa shape index (κ1) is 22.0. The number of amides is 2. The summed E-state index contributed by atoms with van der Waals surface area (Å²) in [6, 6.07) is 3.83. The molecule has 168 valence electrons. The Kier molecular flexibility index (Phi) is 6.21. The third kappa shape index (κ3) is 5.18. The van der Waals surface area contributed by atoms with Crippen molar-refractivity contribution in [2.75, 3.05) is 38.0 Å². The number of carbonyl (C=O) groups is 2. The van der Waals surface area contributed by atoms with Crippen LogP contribution in [0.5, 0.6) is 0 Å². The van der Waals surface area contributed by atoms with Gasteiger partial charge in [0.25, 0.3) is 5.91 Å². The molecular weight excluding hydrogens is 412 g/mol. The summed E-state index contributed by atoms with van der Waals surface area (Å²) in [5, 5.41) is 6.53. The van der Waals surface area contributed by atoms with Gasteiger partial charge in [0.2, 0.25) is 5.91 Å². The first-order valence-electron chi connectivity index (χ1n) is 11.1. The van der Waals surface area contributed by atoms with Gasteiger partial charge >= 0.3 is 0 Å². The van der Waals surface area contributed by atoms with E-state index in [0.717, 1.165) is 17.7 Å². The van der Waals surface area contributed by atoms with Crippen molar-refractivity contribution in [3.05, 3.63) is 33.2 Å². The molecule has 1 aliphatic heterocycles. The van der Waals surface area contributed by atoms with Gasteiger partial charge in [-0.1, -0.05) is 25.9 Å². The monoisotopic (exact) mass is 444 g/mol. The zero-order valence-electron chi connectivity index (χ0n) is 18.9. The van der Waals surface area contributed by atoms with E-state index >= 15 is 0 Å². The van der Waals surface area contributed by atoms with Crippen LogP contribution >= 0.6 is 11.3 Å². The lowest BCUT2D eigenvalue weighted by Crippen LogP contribution is -2.50. The van der Waals surface area contributed by atoms with Crippen LogP contribution in [0.1, 0.15) is 53.1 Å². The molecular formula is C23H32N4O3S. The minimum absolute atomic E-state index is 0.118. The summed E-state index contributed by atoms with van der Waals surface area (Å²) in [4.78, 5) is 31.6. The third-order valence-corrected chi connectivity index (χ3v) is 7.67. The van der Waals surface area contributed by atoms with E-state index < -0.39 is 0 Å². The number of aryl methyl sites for hydroxylation is 2. The lowest BCUT2D eigenvalue weighted by Gasteiger charge is -2.34. The Balaban J connectivity index is 1.29. The molecule has 1 fully saturated rings. The van der Waals surface area contributed by atoms with Crippen molar-refractivity contribution >= 4 is 29.0 Å². The van der Waals surface area contributed by atoms with Crippen LogP contribution in [-0.2, 0) is 17.6 Å². The molecule has 3 heterocycles. The van der Waals surface area contributed by atoms with Crippen molar-refractivity contribution in [1.29, 1.82) is 0 Å². The molecule has 2 aliphatic rings. The summed E-state index contributed by atoms with van der Waals surface area (Å²) < 4.78 is 4.97. The van der Waals surface area contributed by atoms with Crippen LogP contribution < -0.4 is 5.32 Å². The second-order valence-corrected chi connectivity index (χ2v) is 10.9. The lowest BCUT2D eigenvalue weighted by molar-refractivity contribution is -0.117. The summed E-state index contributed by atoms with van der Waals surface area (Å²) in [6.07, 6.45) is 3.37. The molecule has 1 aliphatic carbocycles. The average molecular weight is 445 g/mol. The number of piperazine rings is 1. The molecule has 0 bridgehead atoms. The topological polar surface area (TPSA) is 78.7 Å². The number of anilines is 1. The van der Waals surface area contributed by atoms with Crippen molar-refractivity contribution < 1.29 is 14.1 Å². The molecule has 0 saturated carbocycles. The minimum Gasteiger partial charge on any atom is -0.360 e. The lowest BCUT2D eigenvalue weighted by atomic mass is 9.72. The van der Waals surface area contributed by atoms with Gasteiger partial charge in [0.15, 0.2) is 5.82 Å². The Morgan fingerprint density at radius 3 is 2.61 bits per heavy atom. The predicted octanol–water partition coefficient (Wildman–Crippen LogP) is 3.59. The number of rotatable bonds is 4. The number of hydrogen-bond donors (Lipinski definition) is 1. The quantitative estimate of drug-likeness (QED) is 0.780. The molecule has 7 nitrogen and oxygen atoms in total. The average Bonchev–Trinajstić information content (AvgIpc) is 3.32. The first-order valence-corrected chi connectivity index (χ1v) is 11.9. The van der Waals surface area contributed by atoms with Gasteiger partial charge in [0, 0.05) is 37.1 Å². The smallest absolute Gasteiger partial charge is 0.264 e. The van der Waals surface area contributed by atoms with Crippen LogP contribution in [0.4, 0.5) is 5.82 Å². The largest absolute Gasteiger partial charge is 0.360 e. The van der Waals surface area contributed by atoms with Gasteiger partial charge in [0.05, 0.1) is 11.4 Å². The van der Waals surface area contributed by atoms with Gasteiger partial charge in [-0.15, -0.1) is 11.3 Å². The highest BCUT2D eigenvalue weighted by Crippen LogP contribution is 2.40. The molecule has 2 aromatic rings. The molecule has 2 amide bonds. The summed E-state index contributed by atoms with van der Waals surface area (Å²) in [5.41, 5.74) is 1.68. The van der Waals surface area contributed by atoms with Crippen LogP contribution in [0.3, 0.4) is 0 Å². The number of carbonyl (C=O) groups excluding carboxylic acids is 2. The Labute approximate surface area is 187 Å². The van der Waals surface area contributed by atoms with Crippen molar-refractivity contribution in [3.8, 4) is 0 Å². The normalized spacial score (nSPS) is 19.9. The van der Waals surface area contributed by atoms with E-state index in [-0.39, 0.29) is 18.4 Å². The summed E-state index contributed by atoms with van der Waals surface area (Å²) >= 11 is 1.68. The maximum atomic E-state index is 13.1. The molecule has 1 N–H and O–H groups in total. The fourth-order valence-electron chi connectivity index (χ4n) is 4.44. The minimum atomic E-state index is -0.118. The van der Waals surface area contributed by atoms with Crippen molar-refractivity contribution in [3.63, 3.8) is 0 Å². The molecule has 8 heteroatoms. The standard InChI is InChI=1S/C23H32N4O3S/c1-15-11-20(25-30-15)24-21(28)14-26-7-9-27(10-8-26)22(29)19-13-16-12-17(23(2,3)4)5-6-18(16)31-19/h11,13,17H,5-10,12,14H2,1-4H3,(H,24,25,28). The fraction of sp³-hybridized carbons (Fsp3) is 0.609. The third-order valence-electron chi connectivity index (χ3n) is 6.44. The second-order valence-electron chi connectivity index (χ2n) is 9.80. The Morgan fingerprint density at radius 1 is 1.23 bits per heavy atom. The molecule has 0 radical (unpaired) electrons. The van der Waals surface area contributed by atoms with Crippen molar-refractivity contribution in [1.82, 2.24) is 15.0 Å². The van der Waals surface area contributed by atoms with E-state index in [1.165, 1.54) is 16.9 Å². The fourth-order valence-corrected chi connectivity index (χ4v) is 5.62. The maximum absolute atomic E-state index is 13.1. The van der Waals surface area contributed by atoms with Crippen LogP contribution in [0.15, 0.2) is 16.7 Å². The number of aromatic nitrogens is 1. The van der Waals surface area contributed by atoms with Crippen LogP contribution in [-0.4, -0.2) is 59.5 Å². The molecule has 1 saturated heterocycles. The second kappa shape index (κ2) is 8.74. The molecule has 2 aromatic heterocycles. The van der Waals surface area contributed by atoms with Crippen LogP contribution in [0, 0.1) is 18.3 Å². The van der Waals surface area contributed by atoms with Crippen LogP contribution in [0.25, 0.3) is 0 Å². The van der Waals surface area contributed by atoms with Gasteiger partial charge in [0.1, 0.15) is 5.76 Å². The number of thiophene rings is 1. The Morgan fingerprint density at radius 2 is 1.97 bits per heavy atom. The van der Waals surface area contributed by atoms with E-state index in [4.69, 9.17) is 4.52 Å². The molecule has 0 aromatic carbocycles. The number of nitrogens with one attached hydrogen (secondary N) is 1. The highest BCUT2D eigenvalue weighted by atomic mass is 32.1. The van der Waals surface area contributed by atoms with Gasteiger partial charge < -0.3 is 14.7 Å². The molecule has 1 unspecified atom stereocenters. The van der Waals surface area contributed by atoms with Crippen LogP contribution in [0.2, 0.25) is 0 Å². The van der Waals surface area contributed by atoms with Gasteiger partial charge in [-0.2, -0.15) is 0 Å². The zero-order valence-corrected chi connectivity index (χ0v) is 19.7. The van der Waals surface area contributed by atoms with E-state index in [1.54, 1.807) is 24.3 Å². The van der Waals surface area contributed by atoms with Gasteiger partial charge in [-0.25, -0.2) is 0 Å². The van der Waals surface area contributed by atoms with E-state index in [0.29, 0.717) is 49.1 Å². The van der Waals surface area contributed by atoms with Crippen molar-refractivity contribution in [2.24, 2.45) is 11.3 Å². The summed E-state index contributed by atoms with van der Waals surface area (Å²) in [5.74, 6) is 1.79. The number of fused-ring (bicyclic) bond motifs is 1. The summed E-state index contributed by atoms with van der Waals surface area (Å²) in [6.45, 7) is 11.7. The predicted molar refractivity (Wildman–Crippen MR) is 122 cm³/mol. The van der Waals surface area contributed by atoms with Gasteiger partial charge in [-0.05, 0) is 49.1 Å². The first-order chi connectivity index (χ1) is 14.7. The number of nitrogens with zero attached hydrogens (tertiary/aromatic N) is 3. The van der Waals surface area contributed by atoms with Gasteiger partial charge in [-0.3, -0.25) is 14.5 Å². The molecule has 31 heavy (non-hydrogen) atoms. The number of hydrogen-bond acceptors (Lipinski definition) is 6. The van der Waals surface area contributed by atoms with Crippen molar-refractivity contribution in [2.45, 2.75) is 47.0 Å². The Bertz CT molecular complexity index is 950. The Hall–Kier alpha value is -2.19. The SMILES string of the molecule is Cc1cc(NC(=O)CN2CCN(C(=O)c3cc4c(s3)CCC(C(C)(C)C)C4)CC2)no1. The maximum Gasteiger partial charge on any atom is 0.264 e. The molecule has 1 atom stereocenters.